The van der Waals surface area contributed by atoms with Gasteiger partial charge in [0.1, 0.15) is 5.15 Å². The quantitative estimate of drug-likeness (QED) is 0.863. The van der Waals surface area contributed by atoms with Crippen molar-refractivity contribution in [1.82, 2.24) is 15.2 Å². The molecular formula is C14H18ClN3O2. The van der Waals surface area contributed by atoms with Gasteiger partial charge in [-0.05, 0) is 31.4 Å². The Hall–Kier alpha value is -1.62. The molecule has 0 saturated carbocycles. The highest BCUT2D eigenvalue weighted by atomic mass is 35.5. The number of halogens is 1. The molecule has 1 fully saturated rings. The van der Waals surface area contributed by atoms with Gasteiger partial charge in [-0.25, -0.2) is 4.98 Å². The van der Waals surface area contributed by atoms with Crippen molar-refractivity contribution in [2.75, 3.05) is 19.6 Å². The molecule has 5 nitrogen and oxygen atoms in total. The smallest absolute Gasteiger partial charge is 0.251 e. The van der Waals surface area contributed by atoms with Crippen molar-refractivity contribution in [2.45, 2.75) is 25.7 Å². The highest BCUT2D eigenvalue weighted by Gasteiger charge is 2.16. The van der Waals surface area contributed by atoms with Crippen molar-refractivity contribution in [3.63, 3.8) is 0 Å². The fourth-order valence-electron chi connectivity index (χ4n) is 2.23. The van der Waals surface area contributed by atoms with E-state index in [-0.39, 0.29) is 17.0 Å². The summed E-state index contributed by atoms with van der Waals surface area (Å²) < 4.78 is 0. The summed E-state index contributed by atoms with van der Waals surface area (Å²) in [6.07, 6.45) is 5.17. The van der Waals surface area contributed by atoms with E-state index < -0.39 is 0 Å². The number of aromatic nitrogens is 1. The largest absolute Gasteiger partial charge is 0.352 e. The average molecular weight is 296 g/mol. The van der Waals surface area contributed by atoms with Crippen molar-refractivity contribution in [3.05, 3.63) is 29.0 Å². The molecule has 2 amide bonds. The van der Waals surface area contributed by atoms with Crippen molar-refractivity contribution < 1.29 is 9.59 Å². The Morgan fingerprint density at radius 2 is 2.05 bits per heavy atom. The van der Waals surface area contributed by atoms with Gasteiger partial charge in [0.05, 0.1) is 0 Å². The summed E-state index contributed by atoms with van der Waals surface area (Å²) >= 11 is 5.72. The predicted molar refractivity (Wildman–Crippen MR) is 76.6 cm³/mol. The number of rotatable bonds is 4. The van der Waals surface area contributed by atoms with Gasteiger partial charge in [0, 0.05) is 37.8 Å². The molecule has 108 valence electrons. The monoisotopic (exact) mass is 295 g/mol. The van der Waals surface area contributed by atoms with Crippen LogP contribution in [-0.4, -0.2) is 41.3 Å². The van der Waals surface area contributed by atoms with Crippen LogP contribution in [0.4, 0.5) is 0 Å². The molecule has 1 aromatic rings. The first-order valence-electron chi connectivity index (χ1n) is 6.84. The number of hydrogen-bond acceptors (Lipinski definition) is 3. The minimum atomic E-state index is -0.235. The average Bonchev–Trinajstić information content (AvgIpc) is 2.48. The van der Waals surface area contributed by atoms with E-state index in [9.17, 15) is 9.59 Å². The number of nitrogens with zero attached hydrogens (tertiary/aromatic N) is 2. The van der Waals surface area contributed by atoms with E-state index in [4.69, 9.17) is 11.6 Å². The molecule has 1 aliphatic rings. The first kappa shape index (κ1) is 14.8. The van der Waals surface area contributed by atoms with Gasteiger partial charge in [0.25, 0.3) is 5.91 Å². The highest BCUT2D eigenvalue weighted by Crippen LogP contribution is 2.10. The lowest BCUT2D eigenvalue weighted by atomic mass is 10.1. The number of carbonyl (C=O) groups excluding carboxylic acids is 2. The third-order valence-corrected chi connectivity index (χ3v) is 3.53. The number of piperidine rings is 1. The zero-order valence-electron chi connectivity index (χ0n) is 11.3. The molecule has 0 aliphatic carbocycles. The van der Waals surface area contributed by atoms with Crippen LogP contribution in [-0.2, 0) is 4.79 Å². The summed E-state index contributed by atoms with van der Waals surface area (Å²) in [6, 6.07) is 3.09. The summed E-state index contributed by atoms with van der Waals surface area (Å²) in [5, 5.41) is 3.00. The van der Waals surface area contributed by atoms with Crippen LogP contribution in [0, 0.1) is 0 Å². The van der Waals surface area contributed by atoms with E-state index in [2.05, 4.69) is 10.3 Å². The summed E-state index contributed by atoms with van der Waals surface area (Å²) in [7, 11) is 0. The third-order valence-electron chi connectivity index (χ3n) is 3.32. The molecule has 1 N–H and O–H groups in total. The van der Waals surface area contributed by atoms with Gasteiger partial charge in [-0.2, -0.15) is 0 Å². The molecule has 0 unspecified atom stereocenters. The normalized spacial score (nSPS) is 14.9. The maximum Gasteiger partial charge on any atom is 0.251 e. The molecular weight excluding hydrogens is 278 g/mol. The lowest BCUT2D eigenvalue weighted by molar-refractivity contribution is -0.131. The number of likely N-dealkylation sites (tertiary alicyclic amines) is 1. The Morgan fingerprint density at radius 3 is 2.75 bits per heavy atom. The van der Waals surface area contributed by atoms with E-state index in [1.807, 2.05) is 4.90 Å². The Labute approximate surface area is 123 Å². The minimum Gasteiger partial charge on any atom is -0.352 e. The second kappa shape index (κ2) is 7.24. The number of carbonyl (C=O) groups is 2. The van der Waals surface area contributed by atoms with Crippen LogP contribution in [0.2, 0.25) is 5.15 Å². The first-order chi connectivity index (χ1) is 9.66. The Kier molecular flexibility index (Phi) is 5.35. The zero-order chi connectivity index (χ0) is 14.4. The molecule has 0 aromatic carbocycles. The van der Waals surface area contributed by atoms with Gasteiger partial charge in [-0.1, -0.05) is 11.6 Å². The number of pyridine rings is 1. The van der Waals surface area contributed by atoms with Crippen LogP contribution in [0.1, 0.15) is 36.0 Å². The molecule has 1 aromatic heterocycles. The van der Waals surface area contributed by atoms with Gasteiger partial charge in [0.15, 0.2) is 0 Å². The second-order valence-electron chi connectivity index (χ2n) is 4.81. The van der Waals surface area contributed by atoms with Crippen LogP contribution >= 0.6 is 11.6 Å². The lowest BCUT2D eigenvalue weighted by Gasteiger charge is -2.26. The van der Waals surface area contributed by atoms with Gasteiger partial charge in [0.2, 0.25) is 5.91 Å². The molecule has 2 rings (SSSR count). The van der Waals surface area contributed by atoms with Gasteiger partial charge in [-0.3, -0.25) is 9.59 Å². The second-order valence-corrected chi connectivity index (χ2v) is 5.20. The zero-order valence-corrected chi connectivity index (χ0v) is 12.0. The van der Waals surface area contributed by atoms with Crippen LogP contribution in [0.25, 0.3) is 0 Å². The van der Waals surface area contributed by atoms with Crippen molar-refractivity contribution >= 4 is 23.4 Å². The molecule has 6 heteroatoms. The molecule has 2 heterocycles. The Morgan fingerprint density at radius 1 is 1.30 bits per heavy atom. The molecule has 0 bridgehead atoms. The fourth-order valence-corrected chi connectivity index (χ4v) is 2.40. The van der Waals surface area contributed by atoms with Crippen molar-refractivity contribution in [3.8, 4) is 0 Å². The van der Waals surface area contributed by atoms with Crippen LogP contribution < -0.4 is 5.32 Å². The molecule has 20 heavy (non-hydrogen) atoms. The predicted octanol–water partition coefficient (Wildman–Crippen LogP) is 1.87. The topological polar surface area (TPSA) is 62.3 Å². The summed E-state index contributed by atoms with van der Waals surface area (Å²) in [5.74, 6) is -0.126. The van der Waals surface area contributed by atoms with E-state index in [1.165, 1.54) is 18.7 Å². The molecule has 0 spiro atoms. The van der Waals surface area contributed by atoms with E-state index in [0.717, 1.165) is 25.9 Å². The van der Waals surface area contributed by atoms with Gasteiger partial charge in [-0.15, -0.1) is 0 Å². The minimum absolute atomic E-state index is 0.109. The van der Waals surface area contributed by atoms with E-state index in [1.54, 1.807) is 6.07 Å². The first-order valence-corrected chi connectivity index (χ1v) is 7.22. The summed E-state index contributed by atoms with van der Waals surface area (Å²) in [5.41, 5.74) is 0.454. The van der Waals surface area contributed by atoms with Crippen molar-refractivity contribution in [1.29, 1.82) is 0 Å². The maximum absolute atomic E-state index is 11.9. The SMILES string of the molecule is O=C(NCCC(=O)N1CCCCC1)c1ccnc(Cl)c1. The van der Waals surface area contributed by atoms with Crippen molar-refractivity contribution in [2.24, 2.45) is 0 Å². The van der Waals surface area contributed by atoms with Crippen LogP contribution in [0.3, 0.4) is 0 Å². The summed E-state index contributed by atoms with van der Waals surface area (Å²) in [4.78, 5) is 29.4. The third kappa shape index (κ3) is 4.20. The lowest BCUT2D eigenvalue weighted by Crippen LogP contribution is -2.37. The Balaban J connectivity index is 1.75. The van der Waals surface area contributed by atoms with Gasteiger partial charge < -0.3 is 10.2 Å². The molecule has 0 radical (unpaired) electrons. The highest BCUT2D eigenvalue weighted by molar-refractivity contribution is 6.29. The Bertz CT molecular complexity index is 487. The van der Waals surface area contributed by atoms with E-state index >= 15 is 0 Å². The van der Waals surface area contributed by atoms with Crippen LogP contribution in [0.15, 0.2) is 18.3 Å². The molecule has 1 aliphatic heterocycles. The van der Waals surface area contributed by atoms with Gasteiger partial charge >= 0.3 is 0 Å². The number of nitrogens with one attached hydrogen (secondary N) is 1. The molecule has 0 atom stereocenters. The van der Waals surface area contributed by atoms with Crippen LogP contribution in [0.5, 0.6) is 0 Å². The summed E-state index contributed by atoms with van der Waals surface area (Å²) in [6.45, 7) is 2.02. The van der Waals surface area contributed by atoms with E-state index in [0.29, 0.717) is 18.5 Å². The standard InChI is InChI=1S/C14H18ClN3O2/c15-12-10-11(4-6-16-12)14(20)17-7-5-13(19)18-8-2-1-3-9-18/h4,6,10H,1-3,5,7-9H2,(H,17,20). The fraction of sp³-hybridized carbons (Fsp3) is 0.500. The number of amides is 2. The molecule has 1 saturated heterocycles. The maximum atomic E-state index is 11.9. The number of hydrogen-bond donors (Lipinski definition) is 1.